The fourth-order valence-electron chi connectivity index (χ4n) is 2.75. The van der Waals surface area contributed by atoms with Gasteiger partial charge >= 0.3 is 0 Å². The van der Waals surface area contributed by atoms with Gasteiger partial charge < -0.3 is 9.47 Å². The van der Waals surface area contributed by atoms with E-state index < -0.39 is 0 Å². The Kier molecular flexibility index (Phi) is 3.91. The molecule has 2 aromatic carbocycles. The number of fused-ring (bicyclic) bond motifs is 1. The lowest BCUT2D eigenvalue weighted by molar-refractivity contribution is 0.354. The largest absolute Gasteiger partial charge is 0.493 e. The molecule has 0 radical (unpaired) electrons. The zero-order chi connectivity index (χ0) is 14.7. The van der Waals surface area contributed by atoms with Gasteiger partial charge in [0.2, 0.25) is 0 Å². The SMILES string of the molecule is COc1ccc(CC2=NCCc3ccccc32)cc1OC. The minimum atomic E-state index is 0.757. The van der Waals surface area contributed by atoms with Crippen molar-refractivity contribution < 1.29 is 9.47 Å². The Hall–Kier alpha value is -2.29. The maximum absolute atomic E-state index is 5.37. The minimum absolute atomic E-state index is 0.757. The molecule has 0 N–H and O–H groups in total. The molecule has 0 spiro atoms. The van der Waals surface area contributed by atoms with E-state index in [9.17, 15) is 0 Å². The van der Waals surface area contributed by atoms with Crippen LogP contribution in [-0.2, 0) is 12.8 Å². The molecule has 0 saturated carbocycles. The van der Waals surface area contributed by atoms with Gasteiger partial charge in [-0.05, 0) is 35.2 Å². The van der Waals surface area contributed by atoms with E-state index >= 15 is 0 Å². The van der Waals surface area contributed by atoms with Gasteiger partial charge in [-0.3, -0.25) is 4.99 Å². The monoisotopic (exact) mass is 281 g/mol. The molecule has 3 heteroatoms. The van der Waals surface area contributed by atoms with Crippen LogP contribution in [0.5, 0.6) is 11.5 Å². The quantitative estimate of drug-likeness (QED) is 0.861. The van der Waals surface area contributed by atoms with Gasteiger partial charge in [0.15, 0.2) is 11.5 Å². The number of hydrogen-bond donors (Lipinski definition) is 0. The lowest BCUT2D eigenvalue weighted by Crippen LogP contribution is -2.15. The van der Waals surface area contributed by atoms with E-state index in [1.807, 2.05) is 12.1 Å². The molecule has 3 nitrogen and oxygen atoms in total. The fourth-order valence-corrected chi connectivity index (χ4v) is 2.75. The van der Waals surface area contributed by atoms with Crippen LogP contribution >= 0.6 is 0 Å². The van der Waals surface area contributed by atoms with Crippen LogP contribution in [0.15, 0.2) is 47.5 Å². The van der Waals surface area contributed by atoms with Crippen LogP contribution in [0.25, 0.3) is 0 Å². The Morgan fingerprint density at radius 1 is 1.00 bits per heavy atom. The van der Waals surface area contributed by atoms with E-state index in [-0.39, 0.29) is 0 Å². The van der Waals surface area contributed by atoms with Crippen molar-refractivity contribution in [3.8, 4) is 11.5 Å². The highest BCUT2D eigenvalue weighted by atomic mass is 16.5. The summed E-state index contributed by atoms with van der Waals surface area (Å²) in [5, 5.41) is 0. The summed E-state index contributed by atoms with van der Waals surface area (Å²) < 4.78 is 10.7. The Labute approximate surface area is 125 Å². The molecular formula is C18H19NO2. The summed E-state index contributed by atoms with van der Waals surface area (Å²) >= 11 is 0. The van der Waals surface area contributed by atoms with Gasteiger partial charge in [-0.15, -0.1) is 0 Å². The third kappa shape index (κ3) is 2.77. The molecule has 0 atom stereocenters. The number of benzene rings is 2. The van der Waals surface area contributed by atoms with Crippen molar-refractivity contribution in [2.45, 2.75) is 12.8 Å². The predicted molar refractivity (Wildman–Crippen MR) is 84.8 cm³/mol. The van der Waals surface area contributed by atoms with Crippen molar-refractivity contribution in [2.24, 2.45) is 4.99 Å². The molecule has 1 heterocycles. The smallest absolute Gasteiger partial charge is 0.160 e. The van der Waals surface area contributed by atoms with Crippen LogP contribution in [0, 0.1) is 0 Å². The zero-order valence-electron chi connectivity index (χ0n) is 12.4. The van der Waals surface area contributed by atoms with Crippen LogP contribution in [0.1, 0.15) is 16.7 Å². The maximum Gasteiger partial charge on any atom is 0.160 e. The van der Waals surface area contributed by atoms with Crippen molar-refractivity contribution in [1.82, 2.24) is 0 Å². The first kappa shape index (κ1) is 13.7. The molecule has 1 aliphatic rings. The minimum Gasteiger partial charge on any atom is -0.493 e. The van der Waals surface area contributed by atoms with Gasteiger partial charge in [0.1, 0.15) is 0 Å². The van der Waals surface area contributed by atoms with E-state index in [0.29, 0.717) is 0 Å². The van der Waals surface area contributed by atoms with Gasteiger partial charge in [0.05, 0.1) is 14.2 Å². The third-order valence-electron chi connectivity index (χ3n) is 3.83. The first-order chi connectivity index (χ1) is 10.3. The summed E-state index contributed by atoms with van der Waals surface area (Å²) in [4.78, 5) is 4.71. The Balaban J connectivity index is 1.89. The van der Waals surface area contributed by atoms with E-state index in [4.69, 9.17) is 14.5 Å². The standard InChI is InChI=1S/C18H19NO2/c1-20-17-8-7-13(12-18(17)21-2)11-16-15-6-4-3-5-14(15)9-10-19-16/h3-8,12H,9-11H2,1-2H3. The average Bonchev–Trinajstić information content (AvgIpc) is 2.55. The average molecular weight is 281 g/mol. The highest BCUT2D eigenvalue weighted by Crippen LogP contribution is 2.28. The highest BCUT2D eigenvalue weighted by Gasteiger charge is 2.14. The Morgan fingerprint density at radius 3 is 2.62 bits per heavy atom. The second-order valence-corrected chi connectivity index (χ2v) is 5.10. The highest BCUT2D eigenvalue weighted by molar-refractivity contribution is 6.03. The predicted octanol–water partition coefficient (Wildman–Crippen LogP) is 3.29. The summed E-state index contributed by atoms with van der Waals surface area (Å²) in [6.45, 7) is 0.875. The van der Waals surface area contributed by atoms with E-state index in [1.165, 1.54) is 16.7 Å². The van der Waals surface area contributed by atoms with E-state index in [0.717, 1.165) is 36.6 Å². The Morgan fingerprint density at radius 2 is 1.81 bits per heavy atom. The Bertz CT molecular complexity index is 677. The second kappa shape index (κ2) is 6.00. The van der Waals surface area contributed by atoms with E-state index in [1.54, 1.807) is 14.2 Å². The van der Waals surface area contributed by atoms with Crippen LogP contribution in [-0.4, -0.2) is 26.5 Å². The number of aliphatic imine (C=N–C) groups is 1. The normalized spacial score (nSPS) is 13.3. The molecule has 0 saturated heterocycles. The lowest BCUT2D eigenvalue weighted by Gasteiger charge is -2.17. The molecule has 3 rings (SSSR count). The number of methoxy groups -OCH3 is 2. The van der Waals surface area contributed by atoms with Gasteiger partial charge in [0.25, 0.3) is 0 Å². The molecule has 0 unspecified atom stereocenters. The van der Waals surface area contributed by atoms with Gasteiger partial charge in [-0.25, -0.2) is 0 Å². The van der Waals surface area contributed by atoms with Crippen LogP contribution in [0.4, 0.5) is 0 Å². The summed E-state index contributed by atoms with van der Waals surface area (Å²) in [5.41, 5.74) is 5.01. The maximum atomic E-state index is 5.37. The molecular weight excluding hydrogens is 262 g/mol. The van der Waals surface area contributed by atoms with Crippen molar-refractivity contribution in [2.75, 3.05) is 20.8 Å². The van der Waals surface area contributed by atoms with E-state index in [2.05, 4.69) is 30.3 Å². The van der Waals surface area contributed by atoms with Crippen LogP contribution in [0.3, 0.4) is 0 Å². The fraction of sp³-hybridized carbons (Fsp3) is 0.278. The summed E-state index contributed by atoms with van der Waals surface area (Å²) in [6.07, 6.45) is 1.85. The molecule has 0 aliphatic carbocycles. The molecule has 1 aliphatic heterocycles. The number of rotatable bonds is 4. The molecule has 21 heavy (non-hydrogen) atoms. The topological polar surface area (TPSA) is 30.8 Å². The second-order valence-electron chi connectivity index (χ2n) is 5.10. The van der Waals surface area contributed by atoms with Crippen molar-refractivity contribution >= 4 is 5.71 Å². The van der Waals surface area contributed by atoms with Gasteiger partial charge in [-0.2, -0.15) is 0 Å². The lowest BCUT2D eigenvalue weighted by atomic mass is 9.94. The molecule has 108 valence electrons. The van der Waals surface area contributed by atoms with Crippen LogP contribution < -0.4 is 9.47 Å². The first-order valence-corrected chi connectivity index (χ1v) is 7.14. The third-order valence-corrected chi connectivity index (χ3v) is 3.83. The van der Waals surface area contributed by atoms with Crippen LogP contribution in [0.2, 0.25) is 0 Å². The van der Waals surface area contributed by atoms with Crippen molar-refractivity contribution in [3.05, 3.63) is 59.2 Å². The summed E-state index contributed by atoms with van der Waals surface area (Å²) in [5.74, 6) is 1.52. The van der Waals surface area contributed by atoms with Gasteiger partial charge in [0, 0.05) is 18.7 Å². The zero-order valence-corrected chi connectivity index (χ0v) is 12.4. The summed E-state index contributed by atoms with van der Waals surface area (Å²) in [7, 11) is 3.31. The van der Waals surface area contributed by atoms with Gasteiger partial charge in [-0.1, -0.05) is 30.3 Å². The molecule has 2 aromatic rings. The number of hydrogen-bond acceptors (Lipinski definition) is 3. The first-order valence-electron chi connectivity index (χ1n) is 7.14. The molecule has 0 amide bonds. The van der Waals surface area contributed by atoms with Crippen molar-refractivity contribution in [1.29, 1.82) is 0 Å². The van der Waals surface area contributed by atoms with Crippen molar-refractivity contribution in [3.63, 3.8) is 0 Å². The number of ether oxygens (including phenoxy) is 2. The molecule has 0 fully saturated rings. The number of nitrogens with zero attached hydrogens (tertiary/aromatic N) is 1. The molecule has 0 aromatic heterocycles. The molecule has 0 bridgehead atoms. The summed E-state index contributed by atoms with van der Waals surface area (Å²) in [6, 6.07) is 14.6.